The van der Waals surface area contributed by atoms with Gasteiger partial charge in [0.15, 0.2) is 0 Å². The molecule has 0 spiro atoms. The minimum Gasteiger partial charge on any atom is -0.492 e. The summed E-state index contributed by atoms with van der Waals surface area (Å²) in [6.45, 7) is 7.10. The molecule has 0 aliphatic heterocycles. The van der Waals surface area contributed by atoms with Crippen LogP contribution in [0.3, 0.4) is 0 Å². The van der Waals surface area contributed by atoms with Gasteiger partial charge in [-0.05, 0) is 37.2 Å². The molecule has 106 valence electrons. The summed E-state index contributed by atoms with van der Waals surface area (Å²) in [7, 11) is 0. The van der Waals surface area contributed by atoms with Crippen LogP contribution in [-0.4, -0.2) is 16.7 Å². The van der Waals surface area contributed by atoms with E-state index in [0.717, 1.165) is 17.7 Å². The highest BCUT2D eigenvalue weighted by molar-refractivity contribution is 5.26. The maximum Gasteiger partial charge on any atom is 0.137 e. The summed E-state index contributed by atoms with van der Waals surface area (Å²) in [6, 6.07) is 1.92. The van der Waals surface area contributed by atoms with E-state index in [9.17, 15) is 5.11 Å². The molecule has 1 saturated carbocycles. The number of rotatable bonds is 4. The van der Waals surface area contributed by atoms with Crippen molar-refractivity contribution in [1.29, 1.82) is 0 Å². The van der Waals surface area contributed by atoms with Crippen LogP contribution in [0.25, 0.3) is 0 Å². The summed E-state index contributed by atoms with van der Waals surface area (Å²) in [5.41, 5.74) is 1.07. The van der Waals surface area contributed by atoms with Gasteiger partial charge in [0.25, 0.3) is 0 Å². The van der Waals surface area contributed by atoms with E-state index in [4.69, 9.17) is 4.74 Å². The van der Waals surface area contributed by atoms with Gasteiger partial charge in [-0.15, -0.1) is 0 Å². The van der Waals surface area contributed by atoms with Crippen molar-refractivity contribution >= 4 is 0 Å². The summed E-state index contributed by atoms with van der Waals surface area (Å²) in [4.78, 5) is 4.18. The monoisotopic (exact) mass is 263 g/mol. The molecule has 3 heteroatoms. The average molecular weight is 263 g/mol. The van der Waals surface area contributed by atoms with E-state index >= 15 is 0 Å². The molecule has 1 aliphatic rings. The van der Waals surface area contributed by atoms with Crippen LogP contribution in [0.5, 0.6) is 5.75 Å². The topological polar surface area (TPSA) is 42.4 Å². The van der Waals surface area contributed by atoms with Crippen molar-refractivity contribution in [2.45, 2.75) is 52.6 Å². The Hall–Kier alpha value is -1.09. The molecule has 3 nitrogen and oxygen atoms in total. The summed E-state index contributed by atoms with van der Waals surface area (Å²) in [6.07, 6.45) is 7.78. The molecule has 0 amide bonds. The molecule has 0 bridgehead atoms. The number of nitrogens with zero attached hydrogens (tertiary/aromatic N) is 1. The van der Waals surface area contributed by atoms with Gasteiger partial charge < -0.3 is 9.84 Å². The van der Waals surface area contributed by atoms with Gasteiger partial charge >= 0.3 is 0 Å². The lowest BCUT2D eigenvalue weighted by atomic mass is 9.66. The molecule has 1 aromatic heterocycles. The van der Waals surface area contributed by atoms with E-state index in [1.54, 1.807) is 12.4 Å². The molecule has 2 rings (SSSR count). The minimum absolute atomic E-state index is 0.194. The predicted molar refractivity (Wildman–Crippen MR) is 76.1 cm³/mol. The van der Waals surface area contributed by atoms with E-state index in [1.807, 2.05) is 13.0 Å². The first-order valence-electron chi connectivity index (χ1n) is 7.30. The Morgan fingerprint density at radius 3 is 2.89 bits per heavy atom. The summed E-state index contributed by atoms with van der Waals surface area (Å²) < 4.78 is 5.46. The van der Waals surface area contributed by atoms with E-state index in [0.29, 0.717) is 12.5 Å². The lowest BCUT2D eigenvalue weighted by Gasteiger charge is -2.41. The van der Waals surface area contributed by atoms with Crippen LogP contribution in [-0.2, 0) is 0 Å². The Labute approximate surface area is 116 Å². The SMILES string of the molecule is CCOc1cncc(C(O)C2CCCCC2(C)C)c1. The van der Waals surface area contributed by atoms with Gasteiger partial charge in [0.2, 0.25) is 0 Å². The van der Waals surface area contributed by atoms with Crippen LogP contribution in [0.15, 0.2) is 18.5 Å². The highest BCUT2D eigenvalue weighted by Crippen LogP contribution is 2.46. The number of aromatic nitrogens is 1. The smallest absolute Gasteiger partial charge is 0.137 e. The first-order valence-corrected chi connectivity index (χ1v) is 7.30. The van der Waals surface area contributed by atoms with Gasteiger partial charge in [-0.1, -0.05) is 26.7 Å². The molecule has 2 atom stereocenters. The van der Waals surface area contributed by atoms with Crippen LogP contribution < -0.4 is 4.74 Å². The Kier molecular flexibility index (Phi) is 4.46. The predicted octanol–water partition coefficient (Wildman–Crippen LogP) is 3.73. The molecule has 0 aromatic carbocycles. The summed E-state index contributed by atoms with van der Waals surface area (Å²) >= 11 is 0. The van der Waals surface area contributed by atoms with Gasteiger partial charge in [-0.25, -0.2) is 0 Å². The number of ether oxygens (including phenoxy) is 1. The third-order valence-corrected chi connectivity index (χ3v) is 4.36. The van der Waals surface area contributed by atoms with Crippen molar-refractivity contribution in [2.75, 3.05) is 6.61 Å². The number of hydrogen-bond acceptors (Lipinski definition) is 3. The maximum absolute atomic E-state index is 10.7. The molecule has 0 radical (unpaired) electrons. The second kappa shape index (κ2) is 5.91. The van der Waals surface area contributed by atoms with Crippen molar-refractivity contribution in [3.8, 4) is 5.75 Å². The summed E-state index contributed by atoms with van der Waals surface area (Å²) in [5, 5.41) is 10.7. The van der Waals surface area contributed by atoms with E-state index in [2.05, 4.69) is 18.8 Å². The van der Waals surface area contributed by atoms with Gasteiger partial charge in [-0.3, -0.25) is 4.98 Å². The molecule has 2 unspecified atom stereocenters. The number of aliphatic hydroxyl groups is 1. The van der Waals surface area contributed by atoms with Crippen molar-refractivity contribution in [1.82, 2.24) is 4.98 Å². The molecule has 1 N–H and O–H groups in total. The molecular formula is C16H25NO2. The van der Waals surface area contributed by atoms with E-state index in [-0.39, 0.29) is 5.41 Å². The summed E-state index contributed by atoms with van der Waals surface area (Å²) in [5.74, 6) is 1.05. The average Bonchev–Trinajstić information content (AvgIpc) is 2.38. The zero-order valence-corrected chi connectivity index (χ0v) is 12.2. The van der Waals surface area contributed by atoms with Crippen molar-refractivity contribution in [3.05, 3.63) is 24.0 Å². The van der Waals surface area contributed by atoms with Gasteiger partial charge in [0.05, 0.1) is 18.9 Å². The van der Waals surface area contributed by atoms with Gasteiger partial charge in [0, 0.05) is 11.8 Å². The fourth-order valence-electron chi connectivity index (χ4n) is 3.18. The third-order valence-electron chi connectivity index (χ3n) is 4.36. The van der Waals surface area contributed by atoms with E-state index < -0.39 is 6.10 Å². The zero-order valence-electron chi connectivity index (χ0n) is 12.2. The number of aliphatic hydroxyl groups excluding tert-OH is 1. The number of hydrogen-bond donors (Lipinski definition) is 1. The van der Waals surface area contributed by atoms with Crippen molar-refractivity contribution < 1.29 is 9.84 Å². The van der Waals surface area contributed by atoms with E-state index in [1.165, 1.54) is 19.3 Å². The normalized spacial score (nSPS) is 23.9. The van der Waals surface area contributed by atoms with Crippen molar-refractivity contribution in [2.24, 2.45) is 11.3 Å². The molecule has 1 aromatic rings. The van der Waals surface area contributed by atoms with Crippen molar-refractivity contribution in [3.63, 3.8) is 0 Å². The van der Waals surface area contributed by atoms with Crippen LogP contribution >= 0.6 is 0 Å². The van der Waals surface area contributed by atoms with Crippen LogP contribution in [0, 0.1) is 11.3 Å². The second-order valence-electron chi connectivity index (χ2n) is 6.17. The highest BCUT2D eigenvalue weighted by atomic mass is 16.5. The minimum atomic E-state index is -0.441. The molecule has 19 heavy (non-hydrogen) atoms. The first kappa shape index (κ1) is 14.3. The fraction of sp³-hybridized carbons (Fsp3) is 0.688. The Balaban J connectivity index is 2.18. The standard InChI is InChI=1S/C16H25NO2/c1-4-19-13-9-12(10-17-11-13)15(18)14-7-5-6-8-16(14,2)3/h9-11,14-15,18H,4-8H2,1-3H3. The first-order chi connectivity index (χ1) is 9.04. The Morgan fingerprint density at radius 1 is 1.42 bits per heavy atom. The van der Waals surface area contributed by atoms with Gasteiger partial charge in [-0.2, -0.15) is 0 Å². The molecule has 0 saturated heterocycles. The maximum atomic E-state index is 10.7. The number of pyridine rings is 1. The lowest BCUT2D eigenvalue weighted by molar-refractivity contribution is 0.00355. The third kappa shape index (κ3) is 3.27. The Morgan fingerprint density at radius 2 is 2.21 bits per heavy atom. The quantitative estimate of drug-likeness (QED) is 0.900. The second-order valence-corrected chi connectivity index (χ2v) is 6.17. The van der Waals surface area contributed by atoms with Crippen LogP contribution in [0.2, 0.25) is 0 Å². The largest absolute Gasteiger partial charge is 0.492 e. The van der Waals surface area contributed by atoms with Crippen LogP contribution in [0.4, 0.5) is 0 Å². The van der Waals surface area contributed by atoms with Crippen LogP contribution in [0.1, 0.15) is 58.1 Å². The van der Waals surface area contributed by atoms with Gasteiger partial charge in [0.1, 0.15) is 5.75 Å². The fourth-order valence-corrected chi connectivity index (χ4v) is 3.18. The Bertz CT molecular complexity index is 417. The molecule has 1 fully saturated rings. The lowest BCUT2D eigenvalue weighted by Crippen LogP contribution is -2.32. The molecule has 1 heterocycles. The highest BCUT2D eigenvalue weighted by Gasteiger charge is 2.37. The zero-order chi connectivity index (χ0) is 13.9. The molecular weight excluding hydrogens is 238 g/mol. The molecule has 1 aliphatic carbocycles.